The van der Waals surface area contributed by atoms with Crippen LogP contribution in [-0.4, -0.2) is 46.6 Å². The molecule has 1 aromatic rings. The van der Waals surface area contributed by atoms with Crippen LogP contribution in [-0.2, 0) is 0 Å². The van der Waals surface area contributed by atoms with Gasteiger partial charge in [0, 0.05) is 19.2 Å². The van der Waals surface area contributed by atoms with E-state index in [1.807, 2.05) is 4.90 Å². The van der Waals surface area contributed by atoms with Gasteiger partial charge in [-0.25, -0.2) is 4.39 Å². The van der Waals surface area contributed by atoms with E-state index < -0.39 is 5.82 Å². The number of rotatable bonds is 7. The van der Waals surface area contributed by atoms with E-state index in [4.69, 9.17) is 5.11 Å². The summed E-state index contributed by atoms with van der Waals surface area (Å²) in [6.07, 6.45) is 3.86. The zero-order chi connectivity index (χ0) is 14.5. The molecule has 0 amide bonds. The Hall–Kier alpha value is -1.46. The van der Waals surface area contributed by atoms with E-state index >= 15 is 0 Å². The summed E-state index contributed by atoms with van der Waals surface area (Å²) in [4.78, 5) is 14.2. The van der Waals surface area contributed by atoms with E-state index in [2.05, 4.69) is 0 Å². The molecule has 2 N–H and O–H groups in total. The lowest BCUT2D eigenvalue weighted by atomic mass is 9.91. The third-order valence-corrected chi connectivity index (χ3v) is 3.80. The lowest BCUT2D eigenvalue weighted by molar-refractivity contribution is 0.0785. The molecular weight excluding hydrogens is 261 g/mol. The number of aliphatic hydroxyl groups excluding tert-OH is 1. The van der Waals surface area contributed by atoms with E-state index in [1.54, 1.807) is 0 Å². The Morgan fingerprint density at radius 3 is 2.75 bits per heavy atom. The molecule has 1 aliphatic rings. The average Bonchev–Trinajstić information content (AvgIpc) is 2.36. The molecule has 0 bridgehead atoms. The van der Waals surface area contributed by atoms with Crippen LogP contribution < -0.4 is 0 Å². The summed E-state index contributed by atoms with van der Waals surface area (Å²) in [5, 5.41) is 18.6. The molecule has 0 saturated heterocycles. The van der Waals surface area contributed by atoms with Crippen LogP contribution in [0.25, 0.3) is 0 Å². The zero-order valence-electron chi connectivity index (χ0n) is 11.4. The third kappa shape index (κ3) is 3.55. The van der Waals surface area contributed by atoms with Crippen molar-refractivity contribution >= 4 is 5.78 Å². The smallest absolute Gasteiger partial charge is 0.180 e. The van der Waals surface area contributed by atoms with Crippen LogP contribution in [0.3, 0.4) is 0 Å². The number of hydrogen-bond acceptors (Lipinski definition) is 4. The van der Waals surface area contributed by atoms with E-state index in [0.29, 0.717) is 19.0 Å². The fourth-order valence-electron chi connectivity index (χ4n) is 2.42. The minimum atomic E-state index is -0.531. The van der Waals surface area contributed by atoms with Crippen LogP contribution in [0.15, 0.2) is 18.2 Å². The fraction of sp³-hybridized carbons (Fsp3) is 0.533. The van der Waals surface area contributed by atoms with E-state index in [9.17, 15) is 14.3 Å². The number of aliphatic hydroxyl groups is 1. The molecule has 1 saturated carbocycles. The molecule has 0 unspecified atom stereocenters. The highest BCUT2D eigenvalue weighted by atomic mass is 19.1. The van der Waals surface area contributed by atoms with Gasteiger partial charge in [-0.3, -0.25) is 9.69 Å². The quantitative estimate of drug-likeness (QED) is 0.750. The highest BCUT2D eigenvalue weighted by Gasteiger charge is 2.27. The first kappa shape index (κ1) is 14.9. The van der Waals surface area contributed by atoms with E-state index in [1.165, 1.54) is 6.07 Å². The number of phenolic OH excluding ortho intramolecular Hbond substituents is 1. The van der Waals surface area contributed by atoms with Gasteiger partial charge in [0.05, 0.1) is 12.1 Å². The first-order valence-corrected chi connectivity index (χ1v) is 6.98. The Kier molecular flexibility index (Phi) is 5.09. The maximum atomic E-state index is 13.2. The summed E-state index contributed by atoms with van der Waals surface area (Å²) in [7, 11) is 0. The molecule has 1 fully saturated rings. The third-order valence-electron chi connectivity index (χ3n) is 3.80. The molecule has 5 heteroatoms. The van der Waals surface area contributed by atoms with Crippen molar-refractivity contribution in [3.63, 3.8) is 0 Å². The molecule has 0 radical (unpaired) electrons. The van der Waals surface area contributed by atoms with Crippen molar-refractivity contribution in [2.45, 2.75) is 31.7 Å². The summed E-state index contributed by atoms with van der Waals surface area (Å²) in [6, 6.07) is 3.76. The van der Waals surface area contributed by atoms with Gasteiger partial charge >= 0.3 is 0 Å². The maximum absolute atomic E-state index is 13.2. The van der Waals surface area contributed by atoms with E-state index in [0.717, 1.165) is 31.4 Å². The predicted molar refractivity (Wildman–Crippen MR) is 73.3 cm³/mol. The number of carbonyl (C=O) groups excluding carboxylic acids is 1. The van der Waals surface area contributed by atoms with Gasteiger partial charge in [0.2, 0.25) is 0 Å². The summed E-state index contributed by atoms with van der Waals surface area (Å²) in [6.45, 7) is 0.882. The van der Waals surface area contributed by atoms with Gasteiger partial charge in [0.25, 0.3) is 0 Å². The topological polar surface area (TPSA) is 60.8 Å². The number of nitrogens with zero attached hydrogens (tertiary/aromatic N) is 1. The van der Waals surface area contributed by atoms with Crippen molar-refractivity contribution < 1.29 is 19.4 Å². The van der Waals surface area contributed by atoms with Gasteiger partial charge in [0.1, 0.15) is 11.6 Å². The molecule has 2 rings (SSSR count). The molecular formula is C15H20FNO3. The molecule has 0 heterocycles. The normalized spacial score (nSPS) is 15.3. The van der Waals surface area contributed by atoms with Gasteiger partial charge in [-0.15, -0.1) is 0 Å². The lowest BCUT2D eigenvalue weighted by Gasteiger charge is -2.37. The molecule has 0 aliphatic heterocycles. The SMILES string of the molecule is O=C(CN(CCCO)C1CCC1)c1cc(F)ccc1O. The van der Waals surface area contributed by atoms with Crippen LogP contribution in [0.5, 0.6) is 5.75 Å². The Morgan fingerprint density at radius 2 is 2.15 bits per heavy atom. The monoisotopic (exact) mass is 281 g/mol. The minimum absolute atomic E-state index is 0.0262. The van der Waals surface area contributed by atoms with Crippen LogP contribution in [0.4, 0.5) is 4.39 Å². The van der Waals surface area contributed by atoms with Crippen molar-refractivity contribution in [1.82, 2.24) is 4.90 Å². The number of halogens is 1. The largest absolute Gasteiger partial charge is 0.507 e. The van der Waals surface area contributed by atoms with Gasteiger partial charge in [-0.1, -0.05) is 6.42 Å². The highest BCUT2D eigenvalue weighted by molar-refractivity contribution is 6.00. The molecule has 4 nitrogen and oxygen atoms in total. The summed E-state index contributed by atoms with van der Waals surface area (Å²) in [5.41, 5.74) is 0.0262. The van der Waals surface area contributed by atoms with Crippen molar-refractivity contribution in [3.05, 3.63) is 29.6 Å². The first-order valence-electron chi connectivity index (χ1n) is 6.98. The summed E-state index contributed by atoms with van der Waals surface area (Å²) in [5.74, 6) is -1.00. The second-order valence-corrected chi connectivity index (χ2v) is 5.22. The van der Waals surface area contributed by atoms with E-state index in [-0.39, 0.29) is 30.2 Å². The van der Waals surface area contributed by atoms with Crippen LogP contribution in [0, 0.1) is 5.82 Å². The lowest BCUT2D eigenvalue weighted by Crippen LogP contribution is -2.43. The number of benzene rings is 1. The molecule has 0 aromatic heterocycles. The first-order chi connectivity index (χ1) is 9.61. The zero-order valence-corrected chi connectivity index (χ0v) is 11.4. The van der Waals surface area contributed by atoms with Gasteiger partial charge in [-0.05, 0) is 37.5 Å². The number of hydrogen-bond donors (Lipinski definition) is 2. The number of aromatic hydroxyl groups is 1. The van der Waals surface area contributed by atoms with Crippen molar-refractivity contribution in [3.8, 4) is 5.75 Å². The second-order valence-electron chi connectivity index (χ2n) is 5.22. The Labute approximate surface area is 117 Å². The maximum Gasteiger partial charge on any atom is 0.180 e. The summed E-state index contributed by atoms with van der Waals surface area (Å²) < 4.78 is 13.2. The van der Waals surface area contributed by atoms with Gasteiger partial charge in [0.15, 0.2) is 5.78 Å². The molecule has 0 atom stereocenters. The summed E-state index contributed by atoms with van der Waals surface area (Å²) >= 11 is 0. The average molecular weight is 281 g/mol. The highest BCUT2D eigenvalue weighted by Crippen LogP contribution is 2.26. The van der Waals surface area contributed by atoms with Crippen molar-refractivity contribution in [2.24, 2.45) is 0 Å². The van der Waals surface area contributed by atoms with Gasteiger partial charge < -0.3 is 10.2 Å². The van der Waals surface area contributed by atoms with Gasteiger partial charge in [-0.2, -0.15) is 0 Å². The standard InChI is InChI=1S/C15H20FNO3/c16-11-5-6-14(19)13(9-11)15(20)10-17(7-2-8-18)12-3-1-4-12/h5-6,9,12,18-19H,1-4,7-8,10H2. The minimum Gasteiger partial charge on any atom is -0.507 e. The number of phenols is 1. The predicted octanol–water partition coefficient (Wildman–Crippen LogP) is 1.95. The Morgan fingerprint density at radius 1 is 1.40 bits per heavy atom. The van der Waals surface area contributed by atoms with Crippen LogP contribution in [0.2, 0.25) is 0 Å². The number of Topliss-reactive ketones (excluding diaryl/α,β-unsaturated/α-hetero) is 1. The van der Waals surface area contributed by atoms with Crippen LogP contribution >= 0.6 is 0 Å². The molecule has 1 aliphatic carbocycles. The molecule has 0 spiro atoms. The Balaban J connectivity index is 2.04. The fourth-order valence-corrected chi connectivity index (χ4v) is 2.42. The number of ketones is 1. The van der Waals surface area contributed by atoms with Crippen molar-refractivity contribution in [2.75, 3.05) is 19.7 Å². The Bertz CT molecular complexity index is 474. The second kappa shape index (κ2) is 6.81. The van der Waals surface area contributed by atoms with Crippen molar-refractivity contribution in [1.29, 1.82) is 0 Å². The molecule has 1 aromatic carbocycles. The number of carbonyl (C=O) groups is 1. The molecule has 20 heavy (non-hydrogen) atoms. The molecule has 110 valence electrons. The van der Waals surface area contributed by atoms with Crippen LogP contribution in [0.1, 0.15) is 36.0 Å².